The van der Waals surface area contributed by atoms with Gasteiger partial charge in [-0.1, -0.05) is 0 Å². The molecule has 2 aromatic rings. The van der Waals surface area contributed by atoms with Gasteiger partial charge in [0.2, 0.25) is 5.91 Å². The van der Waals surface area contributed by atoms with Crippen molar-refractivity contribution in [2.75, 3.05) is 11.4 Å². The molecule has 2 amide bonds. The number of nitrogens with zero attached hydrogens (tertiary/aromatic N) is 3. The monoisotopic (exact) mass is 368 g/mol. The zero-order valence-corrected chi connectivity index (χ0v) is 14.6. The van der Waals surface area contributed by atoms with E-state index in [2.05, 4.69) is 4.98 Å². The van der Waals surface area contributed by atoms with E-state index in [1.54, 1.807) is 31.2 Å². The molecule has 8 heteroatoms. The highest BCUT2D eigenvalue weighted by molar-refractivity contribution is 5.91. The lowest BCUT2D eigenvalue weighted by molar-refractivity contribution is -0.123. The maximum Gasteiger partial charge on any atom is 0.414 e. The first-order valence-corrected chi connectivity index (χ1v) is 8.30. The third-order valence-corrected chi connectivity index (χ3v) is 4.49. The van der Waals surface area contributed by atoms with Crippen molar-refractivity contribution < 1.29 is 18.7 Å². The molecule has 1 unspecified atom stereocenters. The lowest BCUT2D eigenvalue weighted by Gasteiger charge is -2.16. The predicted molar refractivity (Wildman–Crippen MR) is 94.9 cm³/mol. The lowest BCUT2D eigenvalue weighted by Crippen LogP contribution is -2.34. The quantitative estimate of drug-likeness (QED) is 0.871. The number of benzene rings is 1. The molecule has 1 saturated heterocycles. The van der Waals surface area contributed by atoms with Crippen molar-refractivity contribution in [1.29, 1.82) is 5.26 Å². The highest BCUT2D eigenvalue weighted by Crippen LogP contribution is 2.30. The van der Waals surface area contributed by atoms with Gasteiger partial charge in [0, 0.05) is 11.8 Å². The molecule has 2 N–H and O–H groups in total. The summed E-state index contributed by atoms with van der Waals surface area (Å²) in [6.07, 6.45) is 0.322. The van der Waals surface area contributed by atoms with E-state index in [9.17, 15) is 14.0 Å². The third kappa shape index (κ3) is 3.72. The molecule has 0 bridgehead atoms. The number of anilines is 1. The summed E-state index contributed by atoms with van der Waals surface area (Å²) in [5.74, 6) is -1.73. The predicted octanol–water partition coefficient (Wildman–Crippen LogP) is 2.40. The van der Waals surface area contributed by atoms with Crippen molar-refractivity contribution in [1.82, 2.24) is 4.98 Å². The topological polar surface area (TPSA) is 109 Å². The lowest BCUT2D eigenvalue weighted by atomic mass is 10.0. The van der Waals surface area contributed by atoms with Crippen LogP contribution in [0.4, 0.5) is 14.9 Å². The summed E-state index contributed by atoms with van der Waals surface area (Å²) in [4.78, 5) is 28.7. The van der Waals surface area contributed by atoms with Crippen LogP contribution < -0.4 is 10.6 Å². The van der Waals surface area contributed by atoms with Gasteiger partial charge in [0.25, 0.3) is 0 Å². The van der Waals surface area contributed by atoms with E-state index in [1.807, 2.05) is 6.07 Å². The highest BCUT2D eigenvalue weighted by Gasteiger charge is 2.37. The highest BCUT2D eigenvalue weighted by atomic mass is 19.1. The molecule has 27 heavy (non-hydrogen) atoms. The van der Waals surface area contributed by atoms with Crippen LogP contribution in [0.5, 0.6) is 0 Å². The number of hydrogen-bond acceptors (Lipinski definition) is 5. The Morgan fingerprint density at radius 2 is 2.26 bits per heavy atom. The van der Waals surface area contributed by atoms with E-state index in [4.69, 9.17) is 15.7 Å². The molecule has 138 valence electrons. The number of aromatic nitrogens is 1. The van der Waals surface area contributed by atoms with Crippen LogP contribution in [-0.4, -0.2) is 29.6 Å². The Morgan fingerprint density at radius 1 is 1.48 bits per heavy atom. The van der Waals surface area contributed by atoms with Crippen LogP contribution in [-0.2, 0) is 16.0 Å². The molecule has 3 rings (SSSR count). The zero-order valence-electron chi connectivity index (χ0n) is 14.6. The van der Waals surface area contributed by atoms with Gasteiger partial charge < -0.3 is 10.5 Å². The van der Waals surface area contributed by atoms with Gasteiger partial charge in [0.15, 0.2) is 0 Å². The van der Waals surface area contributed by atoms with Gasteiger partial charge in [-0.05, 0) is 42.8 Å². The van der Waals surface area contributed by atoms with Crippen molar-refractivity contribution >= 4 is 17.7 Å². The fourth-order valence-corrected chi connectivity index (χ4v) is 2.87. The molecule has 0 saturated carbocycles. The Hall–Kier alpha value is -3.47. The van der Waals surface area contributed by atoms with E-state index < -0.39 is 29.8 Å². The maximum atomic E-state index is 14.7. The van der Waals surface area contributed by atoms with Crippen LogP contribution >= 0.6 is 0 Å². The fraction of sp³-hybridized carbons (Fsp3) is 0.263. The zero-order chi connectivity index (χ0) is 19.6. The number of amides is 2. The molecule has 2 heterocycles. The molecular formula is C19H17FN4O3. The summed E-state index contributed by atoms with van der Waals surface area (Å²) < 4.78 is 19.9. The van der Waals surface area contributed by atoms with Crippen LogP contribution in [0.25, 0.3) is 11.1 Å². The number of carbonyl (C=O) groups is 2. The summed E-state index contributed by atoms with van der Waals surface area (Å²) in [6, 6.07) is 9.68. The van der Waals surface area contributed by atoms with Gasteiger partial charge in [-0.15, -0.1) is 0 Å². The van der Waals surface area contributed by atoms with Gasteiger partial charge in [0.05, 0.1) is 36.3 Å². The number of nitriles is 1. The SMILES string of the molecule is C[C@H](C(N)=O)C1CN(c2ccc(-c3ccnc(CC#N)c3)c(F)c2)C(=O)O1. The second-order valence-electron chi connectivity index (χ2n) is 6.26. The summed E-state index contributed by atoms with van der Waals surface area (Å²) >= 11 is 0. The number of hydrogen-bond donors (Lipinski definition) is 1. The summed E-state index contributed by atoms with van der Waals surface area (Å²) in [5.41, 5.74) is 7.04. The Kier molecular flexibility index (Phi) is 5.03. The van der Waals surface area contributed by atoms with Crippen molar-refractivity contribution in [3.05, 3.63) is 48.0 Å². The number of halogens is 1. The largest absolute Gasteiger partial charge is 0.443 e. The Morgan fingerprint density at radius 3 is 2.93 bits per heavy atom. The van der Waals surface area contributed by atoms with Crippen LogP contribution in [0.15, 0.2) is 36.5 Å². The molecule has 2 atom stereocenters. The van der Waals surface area contributed by atoms with E-state index >= 15 is 0 Å². The van der Waals surface area contributed by atoms with Crippen molar-refractivity contribution in [3.8, 4) is 17.2 Å². The van der Waals surface area contributed by atoms with Gasteiger partial charge >= 0.3 is 6.09 Å². The smallest absolute Gasteiger partial charge is 0.414 e. The van der Waals surface area contributed by atoms with Gasteiger partial charge in [0.1, 0.15) is 11.9 Å². The summed E-state index contributed by atoms with van der Waals surface area (Å²) in [7, 11) is 0. The molecule has 0 aliphatic carbocycles. The molecule has 1 aliphatic rings. The van der Waals surface area contributed by atoms with Crippen molar-refractivity contribution in [2.45, 2.75) is 19.4 Å². The van der Waals surface area contributed by atoms with Crippen LogP contribution in [0.2, 0.25) is 0 Å². The number of ether oxygens (including phenoxy) is 1. The minimum atomic E-state index is -0.675. The molecule has 1 aromatic carbocycles. The Labute approximate surface area is 155 Å². The number of rotatable bonds is 5. The third-order valence-electron chi connectivity index (χ3n) is 4.49. The average molecular weight is 368 g/mol. The van der Waals surface area contributed by atoms with Gasteiger partial charge in [-0.2, -0.15) is 5.26 Å². The van der Waals surface area contributed by atoms with E-state index in [0.717, 1.165) is 0 Å². The second kappa shape index (κ2) is 7.41. The van der Waals surface area contributed by atoms with Crippen LogP contribution in [0, 0.1) is 23.1 Å². The molecule has 1 fully saturated rings. The van der Waals surface area contributed by atoms with E-state index in [-0.39, 0.29) is 13.0 Å². The molecular weight excluding hydrogens is 351 g/mol. The first kappa shape index (κ1) is 18.3. The van der Waals surface area contributed by atoms with Crippen molar-refractivity contribution in [2.24, 2.45) is 11.7 Å². The van der Waals surface area contributed by atoms with Crippen LogP contribution in [0.1, 0.15) is 12.6 Å². The van der Waals surface area contributed by atoms with Crippen LogP contribution in [0.3, 0.4) is 0 Å². The second-order valence-corrected chi connectivity index (χ2v) is 6.26. The van der Waals surface area contributed by atoms with Gasteiger partial charge in [-0.25, -0.2) is 9.18 Å². The summed E-state index contributed by atoms with van der Waals surface area (Å²) in [5, 5.41) is 8.77. The average Bonchev–Trinajstić information content (AvgIpc) is 3.03. The first-order chi connectivity index (χ1) is 12.9. The minimum Gasteiger partial charge on any atom is -0.443 e. The minimum absolute atomic E-state index is 0.114. The van der Waals surface area contributed by atoms with E-state index in [0.29, 0.717) is 22.5 Å². The van der Waals surface area contributed by atoms with E-state index in [1.165, 1.54) is 17.2 Å². The molecule has 0 spiro atoms. The maximum absolute atomic E-state index is 14.7. The fourth-order valence-electron chi connectivity index (χ4n) is 2.87. The number of pyridine rings is 1. The van der Waals surface area contributed by atoms with Gasteiger partial charge in [-0.3, -0.25) is 14.7 Å². The summed E-state index contributed by atoms with van der Waals surface area (Å²) in [6.45, 7) is 1.69. The number of primary amides is 1. The van der Waals surface area contributed by atoms with Crippen molar-refractivity contribution in [3.63, 3.8) is 0 Å². The molecule has 7 nitrogen and oxygen atoms in total. The molecule has 1 aromatic heterocycles. The first-order valence-electron chi connectivity index (χ1n) is 8.30. The Balaban J connectivity index is 1.85. The Bertz CT molecular complexity index is 941. The number of nitrogens with two attached hydrogens (primary N) is 1. The number of carbonyl (C=O) groups excluding carboxylic acids is 2. The number of cyclic esters (lactones) is 1. The normalized spacial score (nSPS) is 17.3. The standard InChI is InChI=1S/C19H17FN4O3/c1-11(18(22)25)17-10-24(19(26)27-17)14-2-3-15(16(20)9-14)12-5-7-23-13(8-12)4-6-21/h2-3,5,7-9,11,17H,4,10H2,1H3,(H2,22,25)/t11-,17?/m0/s1. The molecule has 1 aliphatic heterocycles. The molecule has 0 radical (unpaired) electrons.